The van der Waals surface area contributed by atoms with Crippen molar-refractivity contribution in [1.82, 2.24) is 5.06 Å². The third-order valence-electron chi connectivity index (χ3n) is 2.97. The summed E-state index contributed by atoms with van der Waals surface area (Å²) in [5.74, 6) is -0.268. The number of hydroxylamine groups is 2. The molecule has 0 radical (unpaired) electrons. The van der Waals surface area contributed by atoms with Gasteiger partial charge < -0.3 is 10.2 Å². The van der Waals surface area contributed by atoms with Gasteiger partial charge in [-0.05, 0) is 37.6 Å². The van der Waals surface area contributed by atoms with E-state index in [-0.39, 0.29) is 18.2 Å². The molecule has 98 valence electrons. The predicted octanol–water partition coefficient (Wildman–Crippen LogP) is 1.66. The summed E-state index contributed by atoms with van der Waals surface area (Å²) in [6.07, 6.45) is -1.18. The molecule has 0 saturated carbocycles. The van der Waals surface area contributed by atoms with Crippen LogP contribution in [0.5, 0.6) is 5.75 Å². The highest BCUT2D eigenvalue weighted by molar-refractivity contribution is 6.31. The fourth-order valence-corrected chi connectivity index (χ4v) is 1.85. The number of aliphatic hydroxyl groups is 1. The van der Waals surface area contributed by atoms with Crippen LogP contribution in [-0.2, 0) is 16.2 Å². The van der Waals surface area contributed by atoms with Crippen LogP contribution in [0.4, 0.5) is 0 Å². The molecule has 2 rings (SSSR count). The molecule has 0 aromatic heterocycles. The molecule has 1 saturated heterocycles. The number of nitrogens with zero attached hydrogens (tertiary/aromatic N) is 1. The van der Waals surface area contributed by atoms with Crippen LogP contribution in [0, 0.1) is 5.41 Å². The highest BCUT2D eigenvalue weighted by atomic mass is 35.5. The zero-order valence-corrected chi connectivity index (χ0v) is 10.8. The zero-order chi connectivity index (χ0) is 13.5. The van der Waals surface area contributed by atoms with Gasteiger partial charge in [-0.2, -0.15) is 0 Å². The van der Waals surface area contributed by atoms with Gasteiger partial charge in [0.25, 0.3) is 5.91 Å². The Morgan fingerprint density at radius 1 is 1.50 bits per heavy atom. The maximum absolute atomic E-state index is 12.0. The van der Waals surface area contributed by atoms with E-state index in [4.69, 9.17) is 16.4 Å². The van der Waals surface area contributed by atoms with Crippen LogP contribution in [0.25, 0.3) is 0 Å². The van der Waals surface area contributed by atoms with Crippen LogP contribution >= 0.6 is 11.6 Å². The van der Waals surface area contributed by atoms with E-state index in [2.05, 4.69) is 0 Å². The summed E-state index contributed by atoms with van der Waals surface area (Å²) in [7, 11) is 0. The molecule has 2 N–H and O–H groups in total. The quantitative estimate of drug-likeness (QED) is 0.858. The average Bonchev–Trinajstić information content (AvgIpc) is 2.48. The Kier molecular flexibility index (Phi) is 3.23. The third kappa shape index (κ3) is 2.16. The first-order chi connectivity index (χ1) is 8.32. The lowest BCUT2D eigenvalue weighted by Crippen LogP contribution is -2.32. The van der Waals surface area contributed by atoms with Crippen molar-refractivity contribution in [2.45, 2.75) is 26.7 Å². The number of aromatic hydroxyl groups is 1. The molecule has 18 heavy (non-hydrogen) atoms. The zero-order valence-electron chi connectivity index (χ0n) is 10.1. The normalized spacial score (nSPS) is 22.6. The van der Waals surface area contributed by atoms with E-state index in [1.807, 2.05) is 0 Å². The Balaban J connectivity index is 2.21. The maximum atomic E-state index is 12.0. The largest absolute Gasteiger partial charge is 0.508 e. The lowest BCUT2D eigenvalue weighted by Gasteiger charge is -2.16. The summed E-state index contributed by atoms with van der Waals surface area (Å²) < 4.78 is 0. The van der Waals surface area contributed by atoms with Crippen molar-refractivity contribution in [3.63, 3.8) is 0 Å². The van der Waals surface area contributed by atoms with Gasteiger partial charge in [-0.3, -0.25) is 4.79 Å². The van der Waals surface area contributed by atoms with Gasteiger partial charge >= 0.3 is 0 Å². The Labute approximate surface area is 109 Å². The summed E-state index contributed by atoms with van der Waals surface area (Å²) in [6.45, 7) is 3.28. The second-order valence-electron chi connectivity index (χ2n) is 4.80. The number of carbonyl (C=O) groups excluding carboxylic acids is 1. The molecule has 1 fully saturated rings. The molecule has 0 aliphatic carbocycles. The van der Waals surface area contributed by atoms with Crippen molar-refractivity contribution in [1.29, 1.82) is 0 Å². The molecule has 5 nitrogen and oxygen atoms in total. The molecule has 0 bridgehead atoms. The van der Waals surface area contributed by atoms with E-state index >= 15 is 0 Å². The van der Waals surface area contributed by atoms with E-state index in [1.54, 1.807) is 13.8 Å². The number of phenolic OH excluding ortho intramolecular Hbond substituents is 1. The first-order valence-corrected chi connectivity index (χ1v) is 5.84. The van der Waals surface area contributed by atoms with Crippen LogP contribution in [0.1, 0.15) is 19.4 Å². The first-order valence-electron chi connectivity index (χ1n) is 5.46. The van der Waals surface area contributed by atoms with E-state index in [9.17, 15) is 15.0 Å². The second kappa shape index (κ2) is 4.42. The molecule has 1 aromatic rings. The van der Waals surface area contributed by atoms with Crippen LogP contribution in [-0.4, -0.2) is 27.5 Å². The van der Waals surface area contributed by atoms with E-state index < -0.39 is 11.7 Å². The van der Waals surface area contributed by atoms with Crippen molar-refractivity contribution in [3.05, 3.63) is 28.8 Å². The number of rotatable bonds is 2. The number of hydrogen-bond acceptors (Lipinski definition) is 4. The first kappa shape index (κ1) is 13.1. The molecule has 1 aromatic carbocycles. The van der Waals surface area contributed by atoms with Crippen molar-refractivity contribution in [3.8, 4) is 5.75 Å². The van der Waals surface area contributed by atoms with Crippen LogP contribution in [0.3, 0.4) is 0 Å². The molecular formula is C12H14ClNO4. The number of halogens is 1. The predicted molar refractivity (Wildman–Crippen MR) is 64.5 cm³/mol. The lowest BCUT2D eigenvalue weighted by molar-refractivity contribution is -0.228. The van der Waals surface area contributed by atoms with E-state index in [0.29, 0.717) is 10.6 Å². The number of benzene rings is 1. The molecule has 1 heterocycles. The fraction of sp³-hybridized carbons (Fsp3) is 0.417. The van der Waals surface area contributed by atoms with Crippen molar-refractivity contribution in [2.75, 3.05) is 0 Å². The molecule has 1 unspecified atom stereocenters. The minimum Gasteiger partial charge on any atom is -0.508 e. The number of hydrogen-bond donors (Lipinski definition) is 2. The number of carbonyl (C=O) groups is 1. The molecule has 1 amide bonds. The molecule has 1 aliphatic rings. The third-order valence-corrected chi connectivity index (χ3v) is 3.33. The van der Waals surface area contributed by atoms with E-state index in [1.165, 1.54) is 18.2 Å². The summed E-state index contributed by atoms with van der Waals surface area (Å²) in [6, 6.07) is 4.45. The Bertz CT molecular complexity index is 489. The second-order valence-corrected chi connectivity index (χ2v) is 5.20. The maximum Gasteiger partial charge on any atom is 0.257 e. The standard InChI is InChI=1S/C12H14ClNO4/c1-12(2)10(16)14(18-11(12)17)6-7-5-8(15)3-4-9(7)13/h3-5,11,15,17H,6H2,1-2H3. The SMILES string of the molecule is CC1(C)C(=O)N(Cc2cc(O)ccc2Cl)OC1O. The summed E-state index contributed by atoms with van der Waals surface area (Å²) in [4.78, 5) is 17.1. The summed E-state index contributed by atoms with van der Waals surface area (Å²) >= 11 is 5.96. The van der Waals surface area contributed by atoms with Crippen molar-refractivity contribution in [2.24, 2.45) is 5.41 Å². The van der Waals surface area contributed by atoms with Gasteiger partial charge in [-0.25, -0.2) is 9.90 Å². The van der Waals surface area contributed by atoms with Crippen LogP contribution in [0.15, 0.2) is 18.2 Å². The van der Waals surface area contributed by atoms with Gasteiger partial charge in [0.15, 0.2) is 6.29 Å². The Morgan fingerprint density at radius 3 is 2.72 bits per heavy atom. The van der Waals surface area contributed by atoms with Gasteiger partial charge in [0.1, 0.15) is 5.75 Å². The van der Waals surface area contributed by atoms with Gasteiger partial charge in [0, 0.05) is 5.02 Å². The smallest absolute Gasteiger partial charge is 0.257 e. The average molecular weight is 272 g/mol. The number of phenols is 1. The minimum absolute atomic E-state index is 0.0563. The van der Waals surface area contributed by atoms with Crippen molar-refractivity contribution < 1.29 is 19.8 Å². The van der Waals surface area contributed by atoms with Gasteiger partial charge in [0.2, 0.25) is 0 Å². The highest BCUT2D eigenvalue weighted by Crippen LogP contribution is 2.34. The van der Waals surface area contributed by atoms with Gasteiger partial charge in [-0.1, -0.05) is 11.6 Å². The summed E-state index contributed by atoms with van der Waals surface area (Å²) in [5, 5.41) is 20.5. The number of aliphatic hydroxyl groups excluding tert-OH is 1. The molecule has 1 aliphatic heterocycles. The fourth-order valence-electron chi connectivity index (χ4n) is 1.67. The van der Waals surface area contributed by atoms with Crippen molar-refractivity contribution >= 4 is 17.5 Å². The summed E-state index contributed by atoms with van der Waals surface area (Å²) in [5.41, 5.74) is -0.432. The molecule has 0 spiro atoms. The highest BCUT2D eigenvalue weighted by Gasteiger charge is 2.48. The Morgan fingerprint density at radius 2 is 2.17 bits per heavy atom. The van der Waals surface area contributed by atoms with Crippen LogP contribution < -0.4 is 0 Å². The molecule has 1 atom stereocenters. The monoisotopic (exact) mass is 271 g/mol. The number of amides is 1. The minimum atomic E-state index is -1.18. The van der Waals surface area contributed by atoms with Crippen LogP contribution in [0.2, 0.25) is 5.02 Å². The van der Waals surface area contributed by atoms with Gasteiger partial charge in [0.05, 0.1) is 12.0 Å². The lowest BCUT2D eigenvalue weighted by atomic mass is 9.92. The van der Waals surface area contributed by atoms with Gasteiger partial charge in [-0.15, -0.1) is 0 Å². The molecular weight excluding hydrogens is 258 g/mol. The topological polar surface area (TPSA) is 70.0 Å². The van der Waals surface area contributed by atoms with E-state index in [0.717, 1.165) is 5.06 Å². The Hall–Kier alpha value is -1.30. The molecule has 6 heteroatoms.